The molecular formula is C22H33N5O. The van der Waals surface area contributed by atoms with E-state index in [1.807, 2.05) is 7.05 Å². The van der Waals surface area contributed by atoms with Crippen LogP contribution in [-0.4, -0.2) is 80.3 Å². The molecule has 28 heavy (non-hydrogen) atoms. The number of para-hydroxylation sites is 1. The van der Waals surface area contributed by atoms with Crippen LogP contribution in [-0.2, 0) is 11.2 Å². The highest BCUT2D eigenvalue weighted by molar-refractivity contribution is 5.83. The van der Waals surface area contributed by atoms with Gasteiger partial charge in [-0.15, -0.1) is 0 Å². The van der Waals surface area contributed by atoms with Crippen molar-refractivity contribution >= 4 is 16.9 Å². The summed E-state index contributed by atoms with van der Waals surface area (Å²) in [7, 11) is 1.90. The van der Waals surface area contributed by atoms with Crippen LogP contribution in [0.3, 0.4) is 0 Å². The third-order valence-corrected chi connectivity index (χ3v) is 6.00. The molecule has 0 bridgehead atoms. The van der Waals surface area contributed by atoms with Crippen molar-refractivity contribution in [1.29, 1.82) is 0 Å². The number of likely N-dealkylation sites (tertiary alicyclic amines) is 1. The Morgan fingerprint density at radius 1 is 1.25 bits per heavy atom. The number of morpholine rings is 1. The molecule has 6 nitrogen and oxygen atoms in total. The molecule has 6 heteroatoms. The molecule has 1 aromatic heterocycles. The normalized spacial score (nSPS) is 21.5. The maximum Gasteiger partial charge on any atom is 0.193 e. The van der Waals surface area contributed by atoms with Crippen LogP contribution in [0.2, 0.25) is 0 Å². The highest BCUT2D eigenvalue weighted by atomic mass is 16.5. The van der Waals surface area contributed by atoms with Crippen molar-refractivity contribution in [2.24, 2.45) is 10.9 Å². The number of aliphatic imine (C=N–C) groups is 1. The first kappa shape index (κ1) is 19.3. The van der Waals surface area contributed by atoms with E-state index in [1.165, 1.54) is 29.4 Å². The molecule has 2 fully saturated rings. The summed E-state index contributed by atoms with van der Waals surface area (Å²) in [5.41, 5.74) is 2.63. The van der Waals surface area contributed by atoms with Gasteiger partial charge in [-0.3, -0.25) is 9.89 Å². The molecule has 2 aliphatic rings. The lowest BCUT2D eigenvalue weighted by molar-refractivity contribution is 0.0315. The first-order valence-electron chi connectivity index (χ1n) is 10.6. The van der Waals surface area contributed by atoms with Crippen molar-refractivity contribution in [1.82, 2.24) is 20.1 Å². The summed E-state index contributed by atoms with van der Waals surface area (Å²) in [6.45, 7) is 8.30. The fraction of sp³-hybridized carbons (Fsp3) is 0.591. The van der Waals surface area contributed by atoms with Gasteiger partial charge < -0.3 is 19.9 Å². The summed E-state index contributed by atoms with van der Waals surface area (Å²) >= 11 is 0. The Morgan fingerprint density at radius 2 is 2.11 bits per heavy atom. The predicted molar refractivity (Wildman–Crippen MR) is 115 cm³/mol. The van der Waals surface area contributed by atoms with E-state index in [2.05, 4.69) is 55.6 Å². The molecule has 0 amide bonds. The molecule has 2 aliphatic heterocycles. The largest absolute Gasteiger partial charge is 0.379 e. The number of rotatable bonds is 6. The SMILES string of the molecule is CN=C(NCCCc1c[nH]c2ccccc12)N1CCC(CN2CCOCC2)C1. The second-order valence-corrected chi connectivity index (χ2v) is 7.95. The number of aromatic amines is 1. The van der Waals surface area contributed by atoms with E-state index in [-0.39, 0.29) is 0 Å². The third-order valence-electron chi connectivity index (χ3n) is 6.00. The van der Waals surface area contributed by atoms with Crippen molar-refractivity contribution in [2.75, 3.05) is 59.5 Å². The van der Waals surface area contributed by atoms with Gasteiger partial charge in [0, 0.05) is 63.4 Å². The maximum atomic E-state index is 5.46. The van der Waals surface area contributed by atoms with Crippen molar-refractivity contribution in [3.05, 3.63) is 36.0 Å². The van der Waals surface area contributed by atoms with Gasteiger partial charge >= 0.3 is 0 Å². The number of H-pyrrole nitrogens is 1. The molecular weight excluding hydrogens is 350 g/mol. The van der Waals surface area contributed by atoms with Crippen LogP contribution in [0.15, 0.2) is 35.5 Å². The Hall–Kier alpha value is -2.05. The van der Waals surface area contributed by atoms with Crippen molar-refractivity contribution < 1.29 is 4.74 Å². The molecule has 0 spiro atoms. The topological polar surface area (TPSA) is 55.9 Å². The fourth-order valence-corrected chi connectivity index (χ4v) is 4.47. The summed E-state index contributed by atoms with van der Waals surface area (Å²) < 4.78 is 5.46. The number of guanidine groups is 1. The molecule has 2 N–H and O–H groups in total. The second kappa shape index (κ2) is 9.43. The number of hydrogen-bond donors (Lipinski definition) is 2. The van der Waals surface area contributed by atoms with Gasteiger partial charge in [-0.1, -0.05) is 18.2 Å². The number of benzene rings is 1. The number of nitrogens with one attached hydrogen (secondary N) is 2. The molecule has 152 valence electrons. The highest BCUT2D eigenvalue weighted by Crippen LogP contribution is 2.20. The molecule has 1 atom stereocenters. The van der Waals surface area contributed by atoms with Crippen LogP contribution in [0, 0.1) is 5.92 Å². The summed E-state index contributed by atoms with van der Waals surface area (Å²) in [4.78, 5) is 12.9. The fourth-order valence-electron chi connectivity index (χ4n) is 4.47. The Balaban J connectivity index is 1.20. The molecule has 3 heterocycles. The number of fused-ring (bicyclic) bond motifs is 1. The third kappa shape index (κ3) is 4.67. The van der Waals surface area contributed by atoms with Crippen molar-refractivity contribution in [3.63, 3.8) is 0 Å². The minimum Gasteiger partial charge on any atom is -0.379 e. The minimum atomic E-state index is 0.739. The molecule has 0 radical (unpaired) electrons. The zero-order valence-corrected chi connectivity index (χ0v) is 17.0. The zero-order chi connectivity index (χ0) is 19.2. The van der Waals surface area contributed by atoms with E-state index in [0.717, 1.165) is 70.7 Å². The standard InChI is InChI=1S/C22H33N5O/c1-23-22(27-10-8-18(17-27)16-26-11-13-28-14-12-26)24-9-4-5-19-15-25-21-7-3-2-6-20(19)21/h2-3,6-7,15,18,25H,4-5,8-14,16-17H2,1H3,(H,23,24). The van der Waals surface area contributed by atoms with Gasteiger partial charge in [0.25, 0.3) is 0 Å². The maximum absolute atomic E-state index is 5.46. The number of aromatic nitrogens is 1. The van der Waals surface area contributed by atoms with Gasteiger partial charge in [-0.05, 0) is 36.8 Å². The Bertz CT molecular complexity index is 780. The molecule has 1 unspecified atom stereocenters. The number of ether oxygens (including phenoxy) is 1. The van der Waals surface area contributed by atoms with Crippen LogP contribution in [0.4, 0.5) is 0 Å². The van der Waals surface area contributed by atoms with Crippen LogP contribution in [0.5, 0.6) is 0 Å². The monoisotopic (exact) mass is 383 g/mol. The van der Waals surface area contributed by atoms with Gasteiger partial charge in [-0.25, -0.2) is 0 Å². The van der Waals surface area contributed by atoms with E-state index in [1.54, 1.807) is 0 Å². The van der Waals surface area contributed by atoms with E-state index in [9.17, 15) is 0 Å². The summed E-state index contributed by atoms with van der Waals surface area (Å²) in [5.74, 6) is 1.80. The van der Waals surface area contributed by atoms with E-state index < -0.39 is 0 Å². The van der Waals surface area contributed by atoms with Crippen molar-refractivity contribution in [2.45, 2.75) is 19.3 Å². The average Bonchev–Trinajstić information content (AvgIpc) is 3.36. The van der Waals surface area contributed by atoms with Gasteiger partial charge in [0.15, 0.2) is 5.96 Å². The molecule has 1 aromatic carbocycles. The van der Waals surface area contributed by atoms with E-state index in [4.69, 9.17) is 4.74 Å². The molecule has 2 saturated heterocycles. The van der Waals surface area contributed by atoms with Crippen LogP contribution >= 0.6 is 0 Å². The summed E-state index contributed by atoms with van der Waals surface area (Å²) in [5, 5.41) is 4.92. The number of aryl methyl sites for hydroxylation is 1. The molecule has 2 aromatic rings. The smallest absolute Gasteiger partial charge is 0.193 e. The Kier molecular flexibility index (Phi) is 6.49. The van der Waals surface area contributed by atoms with Crippen LogP contribution < -0.4 is 5.32 Å². The first-order chi connectivity index (χ1) is 13.8. The van der Waals surface area contributed by atoms with Crippen LogP contribution in [0.1, 0.15) is 18.4 Å². The zero-order valence-electron chi connectivity index (χ0n) is 17.0. The second-order valence-electron chi connectivity index (χ2n) is 7.95. The summed E-state index contributed by atoms with van der Waals surface area (Å²) in [6.07, 6.45) is 5.59. The van der Waals surface area contributed by atoms with Crippen molar-refractivity contribution in [3.8, 4) is 0 Å². The van der Waals surface area contributed by atoms with E-state index in [0.29, 0.717) is 0 Å². The lowest BCUT2D eigenvalue weighted by atomic mass is 10.1. The first-order valence-corrected chi connectivity index (χ1v) is 10.6. The average molecular weight is 384 g/mol. The predicted octanol–water partition coefficient (Wildman–Crippen LogP) is 2.33. The Morgan fingerprint density at radius 3 is 2.96 bits per heavy atom. The molecule has 0 aliphatic carbocycles. The quantitative estimate of drug-likeness (QED) is 0.457. The molecule has 0 saturated carbocycles. The van der Waals surface area contributed by atoms with Gasteiger partial charge in [0.2, 0.25) is 0 Å². The summed E-state index contributed by atoms with van der Waals surface area (Å²) in [6, 6.07) is 8.53. The number of nitrogens with zero attached hydrogens (tertiary/aromatic N) is 3. The highest BCUT2D eigenvalue weighted by Gasteiger charge is 2.26. The van der Waals surface area contributed by atoms with Gasteiger partial charge in [-0.2, -0.15) is 0 Å². The Labute approximate surface area is 167 Å². The lowest BCUT2D eigenvalue weighted by Crippen LogP contribution is -2.42. The van der Waals surface area contributed by atoms with E-state index >= 15 is 0 Å². The lowest BCUT2D eigenvalue weighted by Gasteiger charge is -2.29. The number of hydrogen-bond acceptors (Lipinski definition) is 3. The van der Waals surface area contributed by atoms with Gasteiger partial charge in [0.05, 0.1) is 13.2 Å². The minimum absolute atomic E-state index is 0.739. The van der Waals surface area contributed by atoms with Gasteiger partial charge in [0.1, 0.15) is 0 Å². The van der Waals surface area contributed by atoms with Crippen LogP contribution in [0.25, 0.3) is 10.9 Å². The molecule has 4 rings (SSSR count).